The highest BCUT2D eigenvalue weighted by Gasteiger charge is 2.57. The lowest BCUT2D eigenvalue weighted by molar-refractivity contribution is -0.155. The number of nitrogens with zero attached hydrogens (tertiary/aromatic N) is 3. The van der Waals surface area contributed by atoms with Gasteiger partial charge in [-0.2, -0.15) is 0 Å². The van der Waals surface area contributed by atoms with Gasteiger partial charge in [-0.25, -0.2) is 4.98 Å². The van der Waals surface area contributed by atoms with Crippen LogP contribution in [-0.2, 0) is 24.8 Å². The number of furan rings is 1. The van der Waals surface area contributed by atoms with E-state index in [1.165, 1.54) is 41.4 Å². The number of aromatic nitrogens is 1. The van der Waals surface area contributed by atoms with Crippen molar-refractivity contribution in [3.05, 3.63) is 149 Å². The summed E-state index contributed by atoms with van der Waals surface area (Å²) in [4.78, 5) is 50.8. The van der Waals surface area contributed by atoms with Crippen LogP contribution in [0, 0.1) is 5.41 Å². The molecule has 3 aromatic carbocycles. The van der Waals surface area contributed by atoms with Crippen molar-refractivity contribution in [2.75, 3.05) is 24.7 Å². The van der Waals surface area contributed by atoms with Crippen molar-refractivity contribution in [1.82, 2.24) is 15.2 Å². The van der Waals surface area contributed by atoms with E-state index in [1.807, 2.05) is 54.6 Å². The van der Waals surface area contributed by atoms with Crippen LogP contribution in [0.5, 0.6) is 0 Å². The first-order chi connectivity index (χ1) is 24.8. The molecule has 0 aliphatic carbocycles. The Labute approximate surface area is 302 Å². The summed E-state index contributed by atoms with van der Waals surface area (Å²) in [5.74, 6) is -1.35. The van der Waals surface area contributed by atoms with Crippen molar-refractivity contribution in [2.24, 2.45) is 10.6 Å². The van der Waals surface area contributed by atoms with Gasteiger partial charge in [-0.1, -0.05) is 102 Å². The molecule has 2 aliphatic heterocycles. The zero-order valence-electron chi connectivity index (χ0n) is 27.3. The lowest BCUT2D eigenvalue weighted by Gasteiger charge is -2.53. The van der Waals surface area contributed by atoms with E-state index in [0.29, 0.717) is 10.9 Å². The number of thiazole rings is 1. The molecule has 0 spiro atoms. The van der Waals surface area contributed by atoms with Gasteiger partial charge in [0.15, 0.2) is 10.8 Å². The van der Waals surface area contributed by atoms with Gasteiger partial charge in [-0.05, 0) is 34.9 Å². The van der Waals surface area contributed by atoms with Crippen LogP contribution in [0.4, 0.5) is 5.13 Å². The molecule has 0 saturated carbocycles. The van der Waals surface area contributed by atoms with E-state index in [2.05, 4.69) is 52.2 Å². The van der Waals surface area contributed by atoms with Crippen LogP contribution in [0.3, 0.4) is 0 Å². The number of carboxylic acid groups (broad SMARTS) is 1. The van der Waals surface area contributed by atoms with Crippen LogP contribution in [-0.4, -0.2) is 69.3 Å². The maximum Gasteiger partial charge on any atom is 0.316 e. The summed E-state index contributed by atoms with van der Waals surface area (Å²) in [6.45, 7) is -0.0332. The number of aliphatic carboxylic acids is 1. The maximum atomic E-state index is 13.7. The normalized spacial score (nSPS) is 20.4. The summed E-state index contributed by atoms with van der Waals surface area (Å²) in [5, 5.41) is 22.4. The Kier molecular flexibility index (Phi) is 9.48. The molecule has 51 heavy (non-hydrogen) atoms. The van der Waals surface area contributed by atoms with Gasteiger partial charge in [0.05, 0.1) is 6.26 Å². The second-order valence-corrected chi connectivity index (χ2v) is 14.0. The maximum absolute atomic E-state index is 13.7. The summed E-state index contributed by atoms with van der Waals surface area (Å²) in [6, 6.07) is 32.8. The van der Waals surface area contributed by atoms with Gasteiger partial charge in [0.2, 0.25) is 5.91 Å². The number of carbonyl (C=O) groups is 3. The number of thioether (sulfide) groups is 1. The number of hydrogen-bond donors (Lipinski definition) is 3. The van der Waals surface area contributed by atoms with Gasteiger partial charge < -0.3 is 29.9 Å². The number of hydrogen-bond acceptors (Lipinski definition) is 10. The van der Waals surface area contributed by atoms with Crippen LogP contribution in [0.25, 0.3) is 6.08 Å². The fraction of sp³-hybridized carbons (Fsp3) is 0.184. The van der Waals surface area contributed by atoms with Crippen molar-refractivity contribution in [3.8, 4) is 0 Å². The Morgan fingerprint density at radius 1 is 1.00 bits per heavy atom. The van der Waals surface area contributed by atoms with Crippen molar-refractivity contribution < 1.29 is 28.7 Å². The molecule has 2 aromatic heterocycles. The number of amides is 2. The summed E-state index contributed by atoms with van der Waals surface area (Å²) in [7, 11) is 1.33. The first kappa shape index (κ1) is 33.8. The topological polar surface area (TPSA) is 146 Å². The molecule has 258 valence electrons. The van der Waals surface area contributed by atoms with Gasteiger partial charge in [-0.15, -0.1) is 23.1 Å². The molecule has 3 atom stereocenters. The lowest BCUT2D eigenvalue weighted by Crippen LogP contribution is -2.73. The van der Waals surface area contributed by atoms with Crippen LogP contribution in [0.2, 0.25) is 0 Å². The van der Waals surface area contributed by atoms with E-state index in [0.717, 1.165) is 16.7 Å². The van der Waals surface area contributed by atoms with Gasteiger partial charge in [0.25, 0.3) is 5.91 Å². The summed E-state index contributed by atoms with van der Waals surface area (Å²) in [6.07, 6.45) is 4.67. The molecule has 5 aromatic rings. The van der Waals surface area contributed by atoms with Crippen molar-refractivity contribution >= 4 is 57.8 Å². The molecule has 4 heterocycles. The average Bonchev–Trinajstić information content (AvgIpc) is 3.88. The SMILES string of the molecule is CON=C(C(=O)NC1C(=O)N2CC(C=Cc3ccco3)(C(=O)O)CS[C@H]12)c1csc(NC(c2ccccc2)(c2ccccc2)c2ccccc2)n1. The van der Waals surface area contributed by atoms with Gasteiger partial charge >= 0.3 is 5.97 Å². The molecule has 2 aliphatic rings. The minimum atomic E-state index is -1.31. The highest BCUT2D eigenvalue weighted by molar-refractivity contribution is 8.00. The number of benzene rings is 3. The van der Waals surface area contributed by atoms with Gasteiger partial charge in [0.1, 0.15) is 40.9 Å². The number of fused-ring (bicyclic) bond motifs is 1. The minimum Gasteiger partial charge on any atom is -0.481 e. The highest BCUT2D eigenvalue weighted by Crippen LogP contribution is 2.44. The Hall–Kier alpha value is -5.66. The molecule has 2 fully saturated rings. The first-order valence-electron chi connectivity index (χ1n) is 16.1. The zero-order valence-corrected chi connectivity index (χ0v) is 29.0. The minimum absolute atomic E-state index is 0.0332. The van der Waals surface area contributed by atoms with E-state index < -0.39 is 34.2 Å². The van der Waals surface area contributed by atoms with Crippen molar-refractivity contribution in [1.29, 1.82) is 0 Å². The molecular formula is C38H33N5O6S2. The predicted octanol–water partition coefficient (Wildman–Crippen LogP) is 5.67. The third kappa shape index (κ3) is 6.41. The molecule has 3 N–H and O–H groups in total. The Balaban J connectivity index is 1.12. The van der Waals surface area contributed by atoms with E-state index in [9.17, 15) is 19.5 Å². The second-order valence-electron chi connectivity index (χ2n) is 12.1. The lowest BCUT2D eigenvalue weighted by atomic mass is 9.77. The number of nitrogens with one attached hydrogen (secondary N) is 2. The smallest absolute Gasteiger partial charge is 0.316 e. The van der Waals surface area contributed by atoms with E-state index in [-0.39, 0.29) is 29.6 Å². The fourth-order valence-electron chi connectivity index (χ4n) is 6.41. The Morgan fingerprint density at radius 3 is 2.18 bits per heavy atom. The monoisotopic (exact) mass is 719 g/mol. The standard InChI is InChI=1S/C38H33N5O6S2/c1-48-42-30(32(44)40-31-33(45)43-23-37(35(46)47,24-51-34(31)43)20-19-28-18-11-21-49-28)29-22-50-36(39-29)41-38(25-12-5-2-6-13-25,26-14-7-3-8-15-26)27-16-9-4-10-17-27/h2-22,31,34H,23-24H2,1H3,(H,39,41)(H,40,44)(H,46,47)/t31?,34-,37?/m1/s1. The van der Waals surface area contributed by atoms with Gasteiger partial charge in [-0.3, -0.25) is 14.4 Å². The van der Waals surface area contributed by atoms with Crippen LogP contribution < -0.4 is 10.6 Å². The molecule has 0 bridgehead atoms. The summed E-state index contributed by atoms with van der Waals surface area (Å²) < 4.78 is 5.31. The Bertz CT molecular complexity index is 1970. The number of β-lactam (4-membered cyclic amide) rings is 1. The number of oxime groups is 1. The zero-order chi connectivity index (χ0) is 35.4. The van der Waals surface area contributed by atoms with E-state index >= 15 is 0 Å². The molecule has 13 heteroatoms. The fourth-order valence-corrected chi connectivity index (χ4v) is 8.68. The van der Waals surface area contributed by atoms with E-state index in [1.54, 1.807) is 29.7 Å². The Morgan fingerprint density at radius 2 is 1.63 bits per heavy atom. The first-order valence-corrected chi connectivity index (χ1v) is 18.0. The van der Waals surface area contributed by atoms with Crippen LogP contribution in [0.15, 0.2) is 130 Å². The van der Waals surface area contributed by atoms with Crippen LogP contribution in [0.1, 0.15) is 28.1 Å². The number of carbonyl (C=O) groups excluding carboxylic acids is 2. The predicted molar refractivity (Wildman–Crippen MR) is 196 cm³/mol. The van der Waals surface area contributed by atoms with Crippen molar-refractivity contribution in [2.45, 2.75) is 17.0 Å². The van der Waals surface area contributed by atoms with Crippen molar-refractivity contribution in [3.63, 3.8) is 0 Å². The molecule has 11 nitrogen and oxygen atoms in total. The molecular weight excluding hydrogens is 687 g/mol. The quantitative estimate of drug-likeness (QED) is 0.0642. The number of carboxylic acids is 1. The number of rotatable bonds is 12. The van der Waals surface area contributed by atoms with E-state index in [4.69, 9.17) is 14.2 Å². The van der Waals surface area contributed by atoms with Crippen LogP contribution >= 0.6 is 23.1 Å². The molecule has 2 saturated heterocycles. The summed E-state index contributed by atoms with van der Waals surface area (Å²) in [5.41, 5.74) is 0.993. The number of anilines is 1. The molecule has 0 radical (unpaired) electrons. The highest BCUT2D eigenvalue weighted by atomic mass is 32.2. The average molecular weight is 720 g/mol. The molecule has 2 amide bonds. The summed E-state index contributed by atoms with van der Waals surface area (Å²) >= 11 is 2.61. The third-order valence-corrected chi connectivity index (χ3v) is 11.3. The second kappa shape index (κ2) is 14.3. The molecule has 7 rings (SSSR count). The largest absolute Gasteiger partial charge is 0.481 e. The third-order valence-electron chi connectivity index (χ3n) is 8.99. The molecule has 2 unspecified atom stereocenters. The van der Waals surface area contributed by atoms with Gasteiger partial charge in [0, 0.05) is 17.7 Å².